The Labute approximate surface area is 118 Å². The first-order valence-corrected chi connectivity index (χ1v) is 6.56. The molecule has 20 heavy (non-hydrogen) atoms. The second-order valence-corrected chi connectivity index (χ2v) is 5.60. The Hall–Kier alpha value is -2.14. The van der Waals surface area contributed by atoms with Gasteiger partial charge in [-0.25, -0.2) is 4.98 Å². The number of aromatic nitrogens is 2. The molecule has 0 unspecified atom stereocenters. The van der Waals surface area contributed by atoms with E-state index in [1.54, 1.807) is 12.5 Å². The van der Waals surface area contributed by atoms with Gasteiger partial charge in [0.15, 0.2) is 0 Å². The van der Waals surface area contributed by atoms with E-state index in [9.17, 15) is 4.79 Å². The smallest absolute Gasteiger partial charge is 0.251 e. The highest BCUT2D eigenvalue weighted by atomic mass is 16.1. The van der Waals surface area contributed by atoms with E-state index in [1.807, 2.05) is 48.9 Å². The van der Waals surface area contributed by atoms with Crippen LogP contribution in [0.5, 0.6) is 0 Å². The van der Waals surface area contributed by atoms with Crippen LogP contribution < -0.4 is 11.1 Å². The summed E-state index contributed by atoms with van der Waals surface area (Å²) < 4.78 is 1.98. The van der Waals surface area contributed by atoms with Crippen molar-refractivity contribution < 1.29 is 4.79 Å². The lowest BCUT2D eigenvalue weighted by atomic mass is 10.1. The van der Waals surface area contributed by atoms with Crippen LogP contribution in [-0.2, 0) is 6.54 Å². The number of hydrogen-bond acceptors (Lipinski definition) is 3. The van der Waals surface area contributed by atoms with E-state index in [0.29, 0.717) is 12.1 Å². The van der Waals surface area contributed by atoms with Gasteiger partial charge in [-0.3, -0.25) is 4.79 Å². The van der Waals surface area contributed by atoms with E-state index < -0.39 is 5.54 Å². The highest BCUT2D eigenvalue weighted by molar-refractivity contribution is 5.94. The van der Waals surface area contributed by atoms with E-state index in [2.05, 4.69) is 10.3 Å². The fourth-order valence-corrected chi connectivity index (χ4v) is 1.76. The minimum absolute atomic E-state index is 0.0993. The van der Waals surface area contributed by atoms with Crippen molar-refractivity contribution in [3.63, 3.8) is 0 Å². The molecule has 0 aliphatic heterocycles. The number of hydrogen-bond donors (Lipinski definition) is 2. The van der Waals surface area contributed by atoms with Crippen LogP contribution in [0, 0.1) is 0 Å². The maximum Gasteiger partial charge on any atom is 0.251 e. The summed E-state index contributed by atoms with van der Waals surface area (Å²) in [4.78, 5) is 15.9. The average Bonchev–Trinajstić information content (AvgIpc) is 2.89. The predicted molar refractivity (Wildman–Crippen MR) is 78.4 cm³/mol. The molecule has 2 rings (SSSR count). The predicted octanol–water partition coefficient (Wildman–Crippen LogP) is 1.40. The number of carbonyl (C=O) groups is 1. The molecule has 106 valence electrons. The van der Waals surface area contributed by atoms with E-state index in [4.69, 9.17) is 5.73 Å². The third-order valence-electron chi connectivity index (χ3n) is 2.85. The van der Waals surface area contributed by atoms with Gasteiger partial charge in [0.25, 0.3) is 5.91 Å². The van der Waals surface area contributed by atoms with Gasteiger partial charge in [0.05, 0.1) is 6.33 Å². The number of carbonyl (C=O) groups excluding carboxylic acids is 1. The maximum absolute atomic E-state index is 11.9. The molecule has 1 aromatic carbocycles. The Balaban J connectivity index is 1.95. The molecule has 2 aromatic rings. The topological polar surface area (TPSA) is 72.9 Å². The van der Waals surface area contributed by atoms with Crippen molar-refractivity contribution in [3.8, 4) is 0 Å². The van der Waals surface area contributed by atoms with Crippen LogP contribution in [-0.4, -0.2) is 27.5 Å². The SMILES string of the molecule is CC(C)(N)CNC(=O)c1ccc(Cn2ccnc2)cc1. The minimum Gasteiger partial charge on any atom is -0.350 e. The number of imidazole rings is 1. The second kappa shape index (κ2) is 5.88. The van der Waals surface area contributed by atoms with Gasteiger partial charge in [-0.05, 0) is 31.5 Å². The minimum atomic E-state index is -0.406. The molecule has 1 aromatic heterocycles. The Kier molecular flexibility index (Phi) is 4.20. The molecule has 3 N–H and O–H groups in total. The average molecular weight is 272 g/mol. The van der Waals surface area contributed by atoms with Crippen molar-refractivity contribution in [2.45, 2.75) is 25.9 Å². The van der Waals surface area contributed by atoms with Gasteiger partial charge < -0.3 is 15.6 Å². The Morgan fingerprint density at radius 1 is 1.35 bits per heavy atom. The van der Waals surface area contributed by atoms with Crippen molar-refractivity contribution in [3.05, 3.63) is 54.1 Å². The molecule has 1 heterocycles. The van der Waals surface area contributed by atoms with Gasteiger partial charge in [0, 0.05) is 36.6 Å². The summed E-state index contributed by atoms with van der Waals surface area (Å²) >= 11 is 0. The largest absolute Gasteiger partial charge is 0.350 e. The lowest BCUT2D eigenvalue weighted by Crippen LogP contribution is -2.45. The summed E-state index contributed by atoms with van der Waals surface area (Å²) in [5.74, 6) is -0.0993. The fourth-order valence-electron chi connectivity index (χ4n) is 1.76. The molecule has 1 amide bonds. The second-order valence-electron chi connectivity index (χ2n) is 5.60. The Bertz CT molecular complexity index is 553. The summed E-state index contributed by atoms with van der Waals surface area (Å²) in [6, 6.07) is 7.54. The number of nitrogens with zero attached hydrogens (tertiary/aromatic N) is 2. The first kappa shape index (κ1) is 14.3. The number of rotatable bonds is 5. The highest BCUT2D eigenvalue weighted by Gasteiger charge is 2.13. The number of nitrogens with two attached hydrogens (primary N) is 1. The summed E-state index contributed by atoms with van der Waals surface area (Å²) in [5, 5.41) is 2.82. The van der Waals surface area contributed by atoms with E-state index >= 15 is 0 Å². The van der Waals surface area contributed by atoms with Crippen molar-refractivity contribution in [2.24, 2.45) is 5.73 Å². The van der Waals surface area contributed by atoms with Crippen molar-refractivity contribution in [1.82, 2.24) is 14.9 Å². The van der Waals surface area contributed by atoms with Crippen LogP contribution in [0.1, 0.15) is 29.8 Å². The zero-order valence-corrected chi connectivity index (χ0v) is 11.8. The molecule has 0 aliphatic rings. The van der Waals surface area contributed by atoms with Gasteiger partial charge in [-0.15, -0.1) is 0 Å². The highest BCUT2D eigenvalue weighted by Crippen LogP contribution is 2.07. The van der Waals surface area contributed by atoms with Gasteiger partial charge in [0.1, 0.15) is 0 Å². The molecular formula is C15H20N4O. The Morgan fingerprint density at radius 2 is 2.05 bits per heavy atom. The first-order chi connectivity index (χ1) is 9.44. The monoisotopic (exact) mass is 272 g/mol. The van der Waals surface area contributed by atoms with Gasteiger partial charge in [0.2, 0.25) is 0 Å². The van der Waals surface area contributed by atoms with Crippen LogP contribution >= 0.6 is 0 Å². The Morgan fingerprint density at radius 3 is 2.60 bits per heavy atom. The van der Waals surface area contributed by atoms with E-state index in [1.165, 1.54) is 0 Å². The number of benzene rings is 1. The third-order valence-corrected chi connectivity index (χ3v) is 2.85. The molecular weight excluding hydrogens is 252 g/mol. The quantitative estimate of drug-likeness (QED) is 0.864. The number of nitrogens with one attached hydrogen (secondary N) is 1. The molecule has 0 fully saturated rings. The molecule has 0 bridgehead atoms. The summed E-state index contributed by atoms with van der Waals surface area (Å²) in [5.41, 5.74) is 7.20. The summed E-state index contributed by atoms with van der Waals surface area (Å²) in [6.07, 6.45) is 5.42. The van der Waals surface area contributed by atoms with E-state index in [-0.39, 0.29) is 5.91 Å². The van der Waals surface area contributed by atoms with Gasteiger partial charge in [-0.1, -0.05) is 12.1 Å². The lowest BCUT2D eigenvalue weighted by molar-refractivity contribution is 0.0946. The standard InChI is InChI=1S/C15H20N4O/c1-15(2,16)10-18-14(20)13-5-3-12(4-6-13)9-19-8-7-17-11-19/h3-8,11H,9-10,16H2,1-2H3,(H,18,20). The summed E-state index contributed by atoms with van der Waals surface area (Å²) in [6.45, 7) is 4.95. The summed E-state index contributed by atoms with van der Waals surface area (Å²) in [7, 11) is 0. The van der Waals surface area contributed by atoms with Crippen LogP contribution in [0.2, 0.25) is 0 Å². The third kappa shape index (κ3) is 4.20. The lowest BCUT2D eigenvalue weighted by Gasteiger charge is -2.18. The molecule has 0 saturated carbocycles. The molecule has 0 spiro atoms. The van der Waals surface area contributed by atoms with Crippen molar-refractivity contribution in [2.75, 3.05) is 6.54 Å². The van der Waals surface area contributed by atoms with Crippen LogP contribution in [0.3, 0.4) is 0 Å². The molecule has 0 saturated heterocycles. The van der Waals surface area contributed by atoms with Gasteiger partial charge >= 0.3 is 0 Å². The van der Waals surface area contributed by atoms with Crippen LogP contribution in [0.25, 0.3) is 0 Å². The number of amides is 1. The first-order valence-electron chi connectivity index (χ1n) is 6.56. The zero-order chi connectivity index (χ0) is 14.6. The van der Waals surface area contributed by atoms with E-state index in [0.717, 1.165) is 12.1 Å². The van der Waals surface area contributed by atoms with Crippen molar-refractivity contribution >= 4 is 5.91 Å². The maximum atomic E-state index is 11.9. The van der Waals surface area contributed by atoms with Crippen LogP contribution in [0.15, 0.2) is 43.0 Å². The fraction of sp³-hybridized carbons (Fsp3) is 0.333. The zero-order valence-electron chi connectivity index (χ0n) is 11.8. The molecule has 5 heteroatoms. The van der Waals surface area contributed by atoms with Gasteiger partial charge in [-0.2, -0.15) is 0 Å². The molecule has 0 aliphatic carbocycles. The molecule has 5 nitrogen and oxygen atoms in total. The molecule has 0 radical (unpaired) electrons. The molecule has 0 atom stereocenters. The van der Waals surface area contributed by atoms with Crippen LogP contribution in [0.4, 0.5) is 0 Å². The van der Waals surface area contributed by atoms with Crippen molar-refractivity contribution in [1.29, 1.82) is 0 Å². The normalized spacial score (nSPS) is 11.3.